The number of nitriles is 1. The molecule has 9 nitrogen and oxygen atoms in total. The van der Waals surface area contributed by atoms with E-state index in [1.165, 1.54) is 0 Å². The lowest BCUT2D eigenvalue weighted by atomic mass is 9.75. The van der Waals surface area contributed by atoms with Crippen LogP contribution in [0.15, 0.2) is 18.2 Å². The topological polar surface area (TPSA) is 124 Å². The molecule has 1 aromatic heterocycles. The second kappa shape index (κ2) is 8.90. The highest BCUT2D eigenvalue weighted by Crippen LogP contribution is 2.35. The fourth-order valence-electron chi connectivity index (χ4n) is 4.06. The number of nitrogens with one attached hydrogen (secondary N) is 2. The molecule has 1 saturated heterocycles. The molecular weight excluding hydrogens is 477 g/mol. The van der Waals surface area contributed by atoms with Gasteiger partial charge in [-0.05, 0) is 31.0 Å². The Hall–Kier alpha value is -2.32. The maximum Gasteiger partial charge on any atom is 0.303 e. The van der Waals surface area contributed by atoms with Crippen molar-refractivity contribution in [3.05, 3.63) is 33.9 Å². The average Bonchev–Trinajstić information content (AvgIpc) is 3.07. The van der Waals surface area contributed by atoms with Crippen molar-refractivity contribution >= 4 is 56.1 Å². The van der Waals surface area contributed by atoms with E-state index in [2.05, 4.69) is 11.4 Å². The molecule has 1 aromatic carbocycles. The summed E-state index contributed by atoms with van der Waals surface area (Å²) in [6.07, 6.45) is 0.513. The molecule has 1 fully saturated rings. The van der Waals surface area contributed by atoms with E-state index in [1.807, 2.05) is 4.72 Å². The number of benzene rings is 1. The van der Waals surface area contributed by atoms with Crippen LogP contribution in [0.5, 0.6) is 0 Å². The van der Waals surface area contributed by atoms with Gasteiger partial charge in [-0.25, -0.2) is 4.72 Å². The fraction of sp³-hybridized carbons (Fsp3) is 0.450. The molecule has 12 heteroatoms. The first-order valence-corrected chi connectivity index (χ1v) is 12.1. The molecule has 1 aliphatic rings. The first-order valence-electron chi connectivity index (χ1n) is 9.89. The van der Waals surface area contributed by atoms with Gasteiger partial charge >= 0.3 is 10.2 Å². The molecular formula is C20H23Cl2N5O4S. The molecule has 1 aliphatic heterocycles. The Labute approximate surface area is 196 Å². The van der Waals surface area contributed by atoms with Crippen molar-refractivity contribution in [2.45, 2.75) is 32.7 Å². The van der Waals surface area contributed by atoms with E-state index in [0.29, 0.717) is 27.5 Å². The average molecular weight is 500 g/mol. The molecule has 2 aromatic rings. The Morgan fingerprint density at radius 1 is 1.34 bits per heavy atom. The van der Waals surface area contributed by atoms with Gasteiger partial charge in [-0.15, -0.1) is 0 Å². The molecule has 0 radical (unpaired) electrons. The minimum atomic E-state index is -4.07. The lowest BCUT2D eigenvalue weighted by Gasteiger charge is -2.43. The van der Waals surface area contributed by atoms with Crippen LogP contribution in [0.4, 0.5) is 0 Å². The molecule has 2 heterocycles. The SMILES string of the molecule is CCC1(C#N)CN(S(=O)(=O)NC(C)=O)CCC1NC(=O)c1cc2c(Cl)c(Cl)ccc2n1C. The number of fused-ring (bicyclic) bond motifs is 1. The van der Waals surface area contributed by atoms with Crippen LogP contribution >= 0.6 is 23.2 Å². The molecule has 0 bridgehead atoms. The summed E-state index contributed by atoms with van der Waals surface area (Å²) >= 11 is 12.4. The lowest BCUT2D eigenvalue weighted by molar-refractivity contribution is -0.117. The van der Waals surface area contributed by atoms with E-state index in [0.717, 1.165) is 16.7 Å². The van der Waals surface area contributed by atoms with Crippen molar-refractivity contribution in [1.82, 2.24) is 18.9 Å². The summed E-state index contributed by atoms with van der Waals surface area (Å²) in [4.78, 5) is 24.4. The van der Waals surface area contributed by atoms with E-state index in [4.69, 9.17) is 23.2 Å². The van der Waals surface area contributed by atoms with Gasteiger partial charge in [0.25, 0.3) is 5.91 Å². The third-order valence-electron chi connectivity index (χ3n) is 5.91. The van der Waals surface area contributed by atoms with E-state index in [1.54, 1.807) is 36.7 Å². The summed E-state index contributed by atoms with van der Waals surface area (Å²) in [5.41, 5.74) is -0.103. The second-order valence-electron chi connectivity index (χ2n) is 7.82. The molecule has 0 aliphatic carbocycles. The second-order valence-corrected chi connectivity index (χ2v) is 10.3. The molecule has 0 saturated carbocycles. The van der Waals surface area contributed by atoms with Crippen LogP contribution in [0.3, 0.4) is 0 Å². The van der Waals surface area contributed by atoms with Crippen molar-refractivity contribution in [3.63, 3.8) is 0 Å². The summed E-state index contributed by atoms with van der Waals surface area (Å²) in [6, 6.07) is 6.66. The van der Waals surface area contributed by atoms with Crippen molar-refractivity contribution in [2.75, 3.05) is 13.1 Å². The molecule has 2 atom stereocenters. The monoisotopic (exact) mass is 499 g/mol. The number of carbonyl (C=O) groups excluding carboxylic acids is 2. The summed E-state index contributed by atoms with van der Waals surface area (Å²) in [5, 5.41) is 14.2. The van der Waals surface area contributed by atoms with Crippen molar-refractivity contribution < 1.29 is 18.0 Å². The highest BCUT2D eigenvalue weighted by Gasteiger charge is 2.46. The van der Waals surface area contributed by atoms with Gasteiger partial charge in [0.05, 0.1) is 27.6 Å². The first kappa shape index (κ1) is 24.3. The van der Waals surface area contributed by atoms with Crippen molar-refractivity contribution in [3.8, 4) is 6.07 Å². The number of amides is 2. The van der Waals surface area contributed by atoms with Gasteiger partial charge in [-0.3, -0.25) is 9.59 Å². The van der Waals surface area contributed by atoms with Gasteiger partial charge in [0.15, 0.2) is 0 Å². The number of rotatable bonds is 5. The summed E-state index contributed by atoms with van der Waals surface area (Å²) in [5.74, 6) is -1.12. The molecule has 2 unspecified atom stereocenters. The van der Waals surface area contributed by atoms with Crippen LogP contribution in [0.2, 0.25) is 10.0 Å². The minimum absolute atomic E-state index is 0.0491. The number of carbonyl (C=O) groups is 2. The molecule has 2 N–H and O–H groups in total. The number of piperidine rings is 1. The van der Waals surface area contributed by atoms with Crippen LogP contribution in [0.25, 0.3) is 10.9 Å². The molecule has 2 amide bonds. The quantitative estimate of drug-likeness (QED) is 0.653. The molecule has 172 valence electrons. The van der Waals surface area contributed by atoms with Crippen LogP contribution < -0.4 is 10.0 Å². The number of hydrogen-bond acceptors (Lipinski definition) is 5. The lowest BCUT2D eigenvalue weighted by Crippen LogP contribution is -2.60. The van der Waals surface area contributed by atoms with E-state index < -0.39 is 33.5 Å². The number of halogens is 2. The Morgan fingerprint density at radius 3 is 2.62 bits per heavy atom. The maximum absolute atomic E-state index is 13.1. The van der Waals surface area contributed by atoms with Crippen LogP contribution in [0, 0.1) is 16.7 Å². The number of hydrogen-bond donors (Lipinski definition) is 2. The third kappa shape index (κ3) is 4.30. The molecule has 3 rings (SSSR count). The van der Waals surface area contributed by atoms with Gasteiger partial charge < -0.3 is 9.88 Å². The highest BCUT2D eigenvalue weighted by molar-refractivity contribution is 7.87. The normalized spacial score (nSPS) is 21.8. The Kier molecular flexibility index (Phi) is 6.77. The smallest absolute Gasteiger partial charge is 0.303 e. The Morgan fingerprint density at radius 2 is 2.03 bits per heavy atom. The highest BCUT2D eigenvalue weighted by atomic mass is 35.5. The van der Waals surface area contributed by atoms with Gasteiger partial charge in [-0.1, -0.05) is 30.1 Å². The standard InChI is InChI=1S/C20H23Cl2N5O4S/c1-4-20(10-23)11-27(32(30,31)25-12(2)28)8-7-17(20)24-19(29)16-9-13-15(26(16)3)6-5-14(21)18(13)22/h5-6,9,17H,4,7-8,11H2,1-3H3,(H,24,29)(H,25,28). The zero-order chi connectivity index (χ0) is 23.8. The summed E-state index contributed by atoms with van der Waals surface area (Å²) in [6.45, 7) is 2.76. The largest absolute Gasteiger partial charge is 0.346 e. The fourth-order valence-corrected chi connectivity index (χ4v) is 5.68. The van der Waals surface area contributed by atoms with Gasteiger partial charge in [0, 0.05) is 38.0 Å². The van der Waals surface area contributed by atoms with Gasteiger partial charge in [0.2, 0.25) is 5.91 Å². The van der Waals surface area contributed by atoms with E-state index >= 15 is 0 Å². The number of nitrogens with zero attached hydrogens (tertiary/aromatic N) is 3. The first-order chi connectivity index (χ1) is 15.0. The van der Waals surface area contributed by atoms with Gasteiger partial charge in [0.1, 0.15) is 5.69 Å². The maximum atomic E-state index is 13.1. The van der Waals surface area contributed by atoms with E-state index in [-0.39, 0.29) is 19.5 Å². The summed E-state index contributed by atoms with van der Waals surface area (Å²) < 4.78 is 29.6. The Bertz CT molecular complexity index is 1240. The molecule has 32 heavy (non-hydrogen) atoms. The minimum Gasteiger partial charge on any atom is -0.346 e. The van der Waals surface area contributed by atoms with E-state index in [9.17, 15) is 23.3 Å². The van der Waals surface area contributed by atoms with Gasteiger partial charge in [-0.2, -0.15) is 18.0 Å². The Balaban J connectivity index is 1.89. The predicted octanol–water partition coefficient (Wildman–Crippen LogP) is 2.59. The predicted molar refractivity (Wildman–Crippen MR) is 121 cm³/mol. The zero-order valence-electron chi connectivity index (χ0n) is 17.8. The van der Waals surface area contributed by atoms with Crippen LogP contribution in [-0.4, -0.2) is 48.2 Å². The van der Waals surface area contributed by atoms with Crippen LogP contribution in [0.1, 0.15) is 37.2 Å². The van der Waals surface area contributed by atoms with Crippen LogP contribution in [-0.2, 0) is 22.1 Å². The number of aromatic nitrogens is 1. The molecule has 0 spiro atoms. The van der Waals surface area contributed by atoms with Crippen molar-refractivity contribution in [1.29, 1.82) is 5.26 Å². The summed E-state index contributed by atoms with van der Waals surface area (Å²) in [7, 11) is -2.35. The zero-order valence-corrected chi connectivity index (χ0v) is 20.1. The third-order valence-corrected chi connectivity index (χ3v) is 8.27. The van der Waals surface area contributed by atoms with Crippen molar-refractivity contribution in [2.24, 2.45) is 12.5 Å². The number of aryl methyl sites for hydroxylation is 1.